The van der Waals surface area contributed by atoms with E-state index in [1.54, 1.807) is 38.0 Å². The second-order valence-electron chi connectivity index (χ2n) is 6.04. The third kappa shape index (κ3) is 8.47. The van der Waals surface area contributed by atoms with Gasteiger partial charge in [-0.1, -0.05) is 23.9 Å². The zero-order valence-electron chi connectivity index (χ0n) is 16.2. The highest BCUT2D eigenvalue weighted by atomic mass is 127. The van der Waals surface area contributed by atoms with Gasteiger partial charge >= 0.3 is 0 Å². The second-order valence-corrected chi connectivity index (χ2v) is 7.18. The number of rotatable bonds is 7. The van der Waals surface area contributed by atoms with Gasteiger partial charge in [-0.3, -0.25) is 4.79 Å². The number of halogens is 2. The predicted octanol–water partition coefficient (Wildman–Crippen LogP) is 3.74. The van der Waals surface area contributed by atoms with Crippen LogP contribution >= 0.6 is 35.7 Å². The molecule has 0 unspecified atom stereocenters. The molecule has 0 saturated heterocycles. The Hall–Kier alpha value is -1.81. The van der Waals surface area contributed by atoms with Gasteiger partial charge in [0, 0.05) is 30.4 Å². The molecular weight excluding hydrogens is 490 g/mol. The smallest absolute Gasteiger partial charge is 0.241 e. The second kappa shape index (κ2) is 12.6. The van der Waals surface area contributed by atoms with E-state index in [1.807, 2.05) is 31.2 Å². The molecule has 0 radical (unpaired) electrons. The van der Waals surface area contributed by atoms with Crippen molar-refractivity contribution in [2.75, 3.05) is 27.2 Å². The Bertz CT molecular complexity index is 767. The van der Waals surface area contributed by atoms with Gasteiger partial charge in [0.25, 0.3) is 0 Å². The van der Waals surface area contributed by atoms with Crippen LogP contribution in [0, 0.1) is 5.82 Å². The molecule has 0 fully saturated rings. The Labute approximate surface area is 187 Å². The normalized spacial score (nSPS) is 10.8. The lowest BCUT2D eigenvalue weighted by Gasteiger charge is -2.14. The van der Waals surface area contributed by atoms with E-state index in [0.29, 0.717) is 12.5 Å². The SMILES string of the molecule is CCNC(=NCc1ccc(Sc2ccc(F)cc2)cc1)NCC(=O)N(C)C.I. The van der Waals surface area contributed by atoms with Crippen molar-refractivity contribution in [1.29, 1.82) is 0 Å². The van der Waals surface area contributed by atoms with E-state index in [1.165, 1.54) is 17.0 Å². The van der Waals surface area contributed by atoms with Crippen LogP contribution in [0.25, 0.3) is 0 Å². The Morgan fingerprint density at radius 3 is 2.14 bits per heavy atom. The molecule has 152 valence electrons. The Kier molecular flexibility index (Phi) is 10.9. The lowest BCUT2D eigenvalue weighted by molar-refractivity contribution is -0.127. The molecule has 0 aromatic heterocycles. The maximum atomic E-state index is 13.0. The molecule has 0 aliphatic carbocycles. The first-order valence-electron chi connectivity index (χ1n) is 8.72. The molecule has 2 rings (SSSR count). The van der Waals surface area contributed by atoms with Crippen LogP contribution < -0.4 is 10.6 Å². The third-order valence-corrected chi connectivity index (χ3v) is 4.66. The summed E-state index contributed by atoms with van der Waals surface area (Å²) >= 11 is 1.58. The molecule has 2 N–H and O–H groups in total. The zero-order valence-corrected chi connectivity index (χ0v) is 19.4. The highest BCUT2D eigenvalue weighted by molar-refractivity contribution is 14.0. The summed E-state index contributed by atoms with van der Waals surface area (Å²) in [5, 5.41) is 6.16. The van der Waals surface area contributed by atoms with Gasteiger partial charge in [-0.15, -0.1) is 24.0 Å². The quantitative estimate of drug-likeness (QED) is 0.335. The fourth-order valence-corrected chi connectivity index (χ4v) is 2.95. The van der Waals surface area contributed by atoms with E-state index in [2.05, 4.69) is 15.6 Å². The van der Waals surface area contributed by atoms with Crippen molar-refractivity contribution in [3.63, 3.8) is 0 Å². The molecule has 0 heterocycles. The van der Waals surface area contributed by atoms with E-state index < -0.39 is 0 Å². The molecule has 0 spiro atoms. The summed E-state index contributed by atoms with van der Waals surface area (Å²) in [6.45, 7) is 3.40. The molecule has 2 aromatic carbocycles. The van der Waals surface area contributed by atoms with Crippen molar-refractivity contribution in [2.45, 2.75) is 23.3 Å². The summed E-state index contributed by atoms with van der Waals surface area (Å²) in [6.07, 6.45) is 0. The number of carbonyl (C=O) groups is 1. The van der Waals surface area contributed by atoms with Crippen molar-refractivity contribution in [3.05, 3.63) is 59.9 Å². The van der Waals surface area contributed by atoms with E-state index in [9.17, 15) is 9.18 Å². The predicted molar refractivity (Wildman–Crippen MR) is 124 cm³/mol. The summed E-state index contributed by atoms with van der Waals surface area (Å²) < 4.78 is 13.0. The van der Waals surface area contributed by atoms with Crippen molar-refractivity contribution < 1.29 is 9.18 Å². The first-order valence-corrected chi connectivity index (χ1v) is 9.54. The zero-order chi connectivity index (χ0) is 19.6. The molecular formula is C20H26FIN4OS. The van der Waals surface area contributed by atoms with Crippen LogP contribution in [-0.4, -0.2) is 44.0 Å². The van der Waals surface area contributed by atoms with Crippen LogP contribution in [0.15, 0.2) is 63.3 Å². The minimum Gasteiger partial charge on any atom is -0.357 e. The Morgan fingerprint density at radius 2 is 1.61 bits per heavy atom. The number of nitrogens with zero attached hydrogens (tertiary/aromatic N) is 2. The van der Waals surface area contributed by atoms with Gasteiger partial charge < -0.3 is 15.5 Å². The molecule has 28 heavy (non-hydrogen) atoms. The van der Waals surface area contributed by atoms with Gasteiger partial charge in [0.15, 0.2) is 5.96 Å². The molecule has 0 saturated carbocycles. The fourth-order valence-electron chi connectivity index (χ4n) is 2.13. The number of hydrogen-bond acceptors (Lipinski definition) is 3. The fraction of sp³-hybridized carbons (Fsp3) is 0.300. The molecule has 0 aliphatic rings. The summed E-state index contributed by atoms with van der Waals surface area (Å²) in [5.74, 6) is 0.366. The lowest BCUT2D eigenvalue weighted by atomic mass is 10.2. The Morgan fingerprint density at radius 1 is 1.04 bits per heavy atom. The Balaban J connectivity index is 0.00000392. The number of aliphatic imine (C=N–C) groups is 1. The third-order valence-electron chi connectivity index (χ3n) is 3.64. The molecule has 2 aromatic rings. The molecule has 5 nitrogen and oxygen atoms in total. The summed E-state index contributed by atoms with van der Waals surface area (Å²) in [6, 6.07) is 14.5. The van der Waals surface area contributed by atoms with Gasteiger partial charge in [0.2, 0.25) is 5.91 Å². The van der Waals surface area contributed by atoms with Gasteiger partial charge in [-0.25, -0.2) is 9.38 Å². The van der Waals surface area contributed by atoms with E-state index in [0.717, 1.165) is 21.9 Å². The van der Waals surface area contributed by atoms with Crippen LogP contribution in [0.1, 0.15) is 12.5 Å². The van der Waals surface area contributed by atoms with Gasteiger partial charge in [0.1, 0.15) is 5.82 Å². The highest BCUT2D eigenvalue weighted by Crippen LogP contribution is 2.27. The van der Waals surface area contributed by atoms with Crippen molar-refractivity contribution in [3.8, 4) is 0 Å². The van der Waals surface area contributed by atoms with Crippen molar-refractivity contribution in [1.82, 2.24) is 15.5 Å². The number of likely N-dealkylation sites (N-methyl/N-ethyl adjacent to an activating group) is 1. The maximum Gasteiger partial charge on any atom is 0.241 e. The average Bonchev–Trinajstić information content (AvgIpc) is 2.66. The average molecular weight is 516 g/mol. The highest BCUT2D eigenvalue weighted by Gasteiger charge is 2.05. The van der Waals surface area contributed by atoms with E-state index in [4.69, 9.17) is 0 Å². The number of amides is 1. The van der Waals surface area contributed by atoms with Crippen LogP contribution in [0.4, 0.5) is 4.39 Å². The molecule has 8 heteroatoms. The monoisotopic (exact) mass is 516 g/mol. The number of guanidine groups is 1. The van der Waals surface area contributed by atoms with Gasteiger partial charge in [0.05, 0.1) is 13.1 Å². The standard InChI is InChI=1S/C20H25FN4OS.HI/c1-4-22-20(24-14-19(26)25(2)3)23-13-15-5-9-17(10-6-15)27-18-11-7-16(21)8-12-18;/h5-12H,4,13-14H2,1-3H3,(H2,22,23,24);1H. The summed E-state index contributed by atoms with van der Waals surface area (Å²) in [7, 11) is 3.44. The van der Waals surface area contributed by atoms with E-state index >= 15 is 0 Å². The minimum atomic E-state index is -0.232. The summed E-state index contributed by atoms with van der Waals surface area (Å²) in [5.41, 5.74) is 1.06. The first-order chi connectivity index (χ1) is 13.0. The number of benzene rings is 2. The molecule has 1 amide bonds. The molecule has 0 atom stereocenters. The minimum absolute atomic E-state index is 0. The lowest BCUT2D eigenvalue weighted by Crippen LogP contribution is -2.42. The van der Waals surface area contributed by atoms with Crippen LogP contribution in [0.5, 0.6) is 0 Å². The number of hydrogen-bond donors (Lipinski definition) is 2. The number of nitrogens with one attached hydrogen (secondary N) is 2. The van der Waals surface area contributed by atoms with E-state index in [-0.39, 0.29) is 42.2 Å². The van der Waals surface area contributed by atoms with Crippen molar-refractivity contribution >= 4 is 47.6 Å². The molecule has 0 aliphatic heterocycles. The van der Waals surface area contributed by atoms with Gasteiger partial charge in [-0.05, 0) is 48.9 Å². The topological polar surface area (TPSA) is 56.7 Å². The van der Waals surface area contributed by atoms with Crippen molar-refractivity contribution in [2.24, 2.45) is 4.99 Å². The van der Waals surface area contributed by atoms with Crippen LogP contribution in [0.2, 0.25) is 0 Å². The van der Waals surface area contributed by atoms with Crippen LogP contribution in [0.3, 0.4) is 0 Å². The largest absolute Gasteiger partial charge is 0.357 e. The summed E-state index contributed by atoms with van der Waals surface area (Å²) in [4.78, 5) is 19.8. The maximum absolute atomic E-state index is 13.0. The number of carbonyl (C=O) groups excluding carboxylic acids is 1. The first kappa shape index (κ1) is 24.2. The van der Waals surface area contributed by atoms with Crippen LogP contribution in [-0.2, 0) is 11.3 Å². The van der Waals surface area contributed by atoms with Gasteiger partial charge in [-0.2, -0.15) is 0 Å². The molecule has 0 bridgehead atoms.